The second-order valence-electron chi connectivity index (χ2n) is 8.45. The second-order valence-corrected chi connectivity index (χ2v) is 8.83. The molecule has 2 heterocycles. The minimum atomic E-state index is -4.49. The molecule has 0 saturated carbocycles. The van der Waals surface area contributed by atoms with Crippen LogP contribution in [-0.4, -0.2) is 28.6 Å². The van der Waals surface area contributed by atoms with E-state index in [9.17, 15) is 22.8 Å². The van der Waals surface area contributed by atoms with E-state index in [1.165, 1.54) is 24.4 Å². The lowest BCUT2D eigenvalue weighted by Gasteiger charge is -2.23. The highest BCUT2D eigenvalue weighted by Gasteiger charge is 2.31. The van der Waals surface area contributed by atoms with Crippen molar-refractivity contribution in [1.29, 1.82) is 0 Å². The van der Waals surface area contributed by atoms with Gasteiger partial charge in [-0.05, 0) is 42.2 Å². The van der Waals surface area contributed by atoms with Crippen molar-refractivity contribution < 1.29 is 32.2 Å². The van der Waals surface area contributed by atoms with Crippen molar-refractivity contribution >= 4 is 29.3 Å². The maximum Gasteiger partial charge on any atom is 0.421 e. The lowest BCUT2D eigenvalue weighted by atomic mass is 10.1. The highest BCUT2D eigenvalue weighted by Crippen LogP contribution is 2.31. The Morgan fingerprint density at radius 3 is 2.32 bits per heavy atom. The van der Waals surface area contributed by atoms with Crippen LogP contribution in [0.2, 0.25) is 5.02 Å². The van der Waals surface area contributed by atoms with Gasteiger partial charge >= 0.3 is 12.3 Å². The Kier molecular flexibility index (Phi) is 9.09. The summed E-state index contributed by atoms with van der Waals surface area (Å²) >= 11 is 6.44. The number of nitrogens with zero attached hydrogens (tertiary/aromatic N) is 3. The van der Waals surface area contributed by atoms with Gasteiger partial charge in [-0.25, -0.2) is 14.7 Å². The molecule has 11 heteroatoms. The van der Waals surface area contributed by atoms with Gasteiger partial charge in [0.2, 0.25) is 11.8 Å². The molecule has 0 aliphatic carbocycles. The minimum absolute atomic E-state index is 0.0186. The van der Waals surface area contributed by atoms with Crippen molar-refractivity contribution in [3.05, 3.63) is 76.7 Å². The monoisotopic (exact) mass is 535 g/mol. The Labute approximate surface area is 217 Å². The van der Waals surface area contributed by atoms with Crippen LogP contribution in [0.3, 0.4) is 0 Å². The molecule has 3 rings (SSSR count). The standard InChI is InChI=1S/C26H25ClF3N3O4/c1-4-20-24(27)21(11-12-31-20)33(25(35)36-15-16(2)3)23(34)13-17-5-8-19(9-6-17)37-22-10-7-18(14-32-22)26(28,29)30/h5-12,14,16H,4,13,15H2,1-3H3. The topological polar surface area (TPSA) is 81.6 Å². The first-order valence-corrected chi connectivity index (χ1v) is 11.8. The molecular formula is C26H25ClF3N3O4. The number of hydrogen-bond acceptors (Lipinski definition) is 6. The average Bonchev–Trinajstić information content (AvgIpc) is 2.85. The first-order valence-electron chi connectivity index (χ1n) is 11.4. The number of benzene rings is 1. The van der Waals surface area contributed by atoms with Crippen LogP contribution >= 0.6 is 11.6 Å². The fourth-order valence-electron chi connectivity index (χ4n) is 3.19. The molecule has 0 radical (unpaired) electrons. The Morgan fingerprint density at radius 2 is 1.76 bits per heavy atom. The molecule has 0 bridgehead atoms. The number of carbonyl (C=O) groups excluding carboxylic acids is 2. The van der Waals surface area contributed by atoms with Crippen molar-refractivity contribution in [3.63, 3.8) is 0 Å². The molecule has 0 saturated heterocycles. The van der Waals surface area contributed by atoms with E-state index in [2.05, 4.69) is 9.97 Å². The summed E-state index contributed by atoms with van der Waals surface area (Å²) in [5.41, 5.74) is 0.387. The number of pyridine rings is 2. The zero-order chi connectivity index (χ0) is 27.2. The summed E-state index contributed by atoms with van der Waals surface area (Å²) < 4.78 is 48.9. The molecule has 0 unspecified atom stereocenters. The summed E-state index contributed by atoms with van der Waals surface area (Å²) in [4.78, 5) is 34.9. The van der Waals surface area contributed by atoms with Gasteiger partial charge in [-0.2, -0.15) is 13.2 Å². The molecule has 0 aliphatic rings. The number of ether oxygens (including phenoxy) is 2. The molecule has 2 amide bonds. The molecule has 37 heavy (non-hydrogen) atoms. The van der Waals surface area contributed by atoms with E-state index in [0.29, 0.717) is 29.6 Å². The fourth-order valence-corrected chi connectivity index (χ4v) is 3.52. The highest BCUT2D eigenvalue weighted by atomic mass is 35.5. The van der Waals surface area contributed by atoms with Crippen LogP contribution in [0.1, 0.15) is 37.6 Å². The summed E-state index contributed by atoms with van der Waals surface area (Å²) in [5.74, 6) is -0.218. The van der Waals surface area contributed by atoms with E-state index < -0.39 is 23.7 Å². The van der Waals surface area contributed by atoms with Gasteiger partial charge in [0.1, 0.15) is 5.75 Å². The number of hydrogen-bond donors (Lipinski definition) is 0. The van der Waals surface area contributed by atoms with Gasteiger partial charge < -0.3 is 9.47 Å². The normalized spacial score (nSPS) is 11.4. The summed E-state index contributed by atoms with van der Waals surface area (Å²) in [6.45, 7) is 5.72. The number of aromatic nitrogens is 2. The zero-order valence-corrected chi connectivity index (χ0v) is 21.1. The van der Waals surface area contributed by atoms with Gasteiger partial charge in [0.05, 0.1) is 35.0 Å². The minimum Gasteiger partial charge on any atom is -0.449 e. The third-order valence-electron chi connectivity index (χ3n) is 5.05. The van der Waals surface area contributed by atoms with E-state index in [-0.39, 0.29) is 35.5 Å². The molecule has 0 aliphatic heterocycles. The van der Waals surface area contributed by atoms with Crippen LogP contribution in [0, 0.1) is 5.92 Å². The quantitative estimate of drug-likeness (QED) is 0.313. The zero-order valence-electron chi connectivity index (χ0n) is 20.4. The molecule has 7 nitrogen and oxygen atoms in total. The maximum atomic E-state index is 13.3. The Morgan fingerprint density at radius 1 is 1.05 bits per heavy atom. The first kappa shape index (κ1) is 27.9. The largest absolute Gasteiger partial charge is 0.449 e. The number of amides is 2. The van der Waals surface area contributed by atoms with Crippen molar-refractivity contribution in [1.82, 2.24) is 9.97 Å². The molecule has 196 valence electrons. The summed E-state index contributed by atoms with van der Waals surface area (Å²) in [6, 6.07) is 9.74. The van der Waals surface area contributed by atoms with Crippen LogP contribution in [0.15, 0.2) is 54.9 Å². The summed E-state index contributed by atoms with van der Waals surface area (Å²) in [5, 5.41) is 0.188. The van der Waals surface area contributed by atoms with E-state index in [1.807, 2.05) is 20.8 Å². The number of alkyl halides is 3. The van der Waals surface area contributed by atoms with Gasteiger partial charge in [-0.3, -0.25) is 9.78 Å². The molecule has 0 N–H and O–H groups in total. The number of rotatable bonds is 8. The smallest absolute Gasteiger partial charge is 0.421 e. The van der Waals surface area contributed by atoms with Crippen LogP contribution in [-0.2, 0) is 28.5 Å². The van der Waals surface area contributed by atoms with Crippen LogP contribution in [0.25, 0.3) is 0 Å². The van der Waals surface area contributed by atoms with Crippen molar-refractivity contribution in [2.24, 2.45) is 5.92 Å². The van der Waals surface area contributed by atoms with Crippen molar-refractivity contribution in [2.45, 2.75) is 39.8 Å². The van der Waals surface area contributed by atoms with Gasteiger partial charge in [0, 0.05) is 18.5 Å². The molecule has 0 atom stereocenters. The fraction of sp³-hybridized carbons (Fsp3) is 0.308. The predicted molar refractivity (Wildman–Crippen MR) is 132 cm³/mol. The second kappa shape index (κ2) is 12.1. The van der Waals surface area contributed by atoms with E-state index in [4.69, 9.17) is 21.1 Å². The number of carbonyl (C=O) groups is 2. The highest BCUT2D eigenvalue weighted by molar-refractivity contribution is 6.35. The Balaban J connectivity index is 1.76. The molecular weight excluding hydrogens is 511 g/mol. The Bertz CT molecular complexity index is 1230. The van der Waals surface area contributed by atoms with Crippen LogP contribution < -0.4 is 9.64 Å². The van der Waals surface area contributed by atoms with E-state index >= 15 is 0 Å². The van der Waals surface area contributed by atoms with Crippen molar-refractivity contribution in [2.75, 3.05) is 11.5 Å². The summed E-state index contributed by atoms with van der Waals surface area (Å²) in [6.07, 6.45) is -2.84. The molecule has 2 aromatic heterocycles. The van der Waals surface area contributed by atoms with Gasteiger partial charge in [0.15, 0.2) is 0 Å². The van der Waals surface area contributed by atoms with Gasteiger partial charge in [-0.15, -0.1) is 0 Å². The van der Waals surface area contributed by atoms with E-state index in [1.54, 1.807) is 12.1 Å². The van der Waals surface area contributed by atoms with Crippen LogP contribution in [0.5, 0.6) is 11.6 Å². The van der Waals surface area contributed by atoms with Crippen LogP contribution in [0.4, 0.5) is 23.7 Å². The Hall–Kier alpha value is -3.66. The van der Waals surface area contributed by atoms with Crippen molar-refractivity contribution in [3.8, 4) is 11.6 Å². The third kappa shape index (κ3) is 7.42. The summed E-state index contributed by atoms with van der Waals surface area (Å²) in [7, 11) is 0. The average molecular weight is 536 g/mol. The van der Waals surface area contributed by atoms with E-state index in [0.717, 1.165) is 17.0 Å². The number of halogens is 4. The number of imide groups is 1. The number of aryl methyl sites for hydroxylation is 1. The third-order valence-corrected chi connectivity index (χ3v) is 5.47. The lowest BCUT2D eigenvalue weighted by Crippen LogP contribution is -2.39. The molecule has 3 aromatic rings. The van der Waals surface area contributed by atoms with Gasteiger partial charge in [-0.1, -0.05) is 44.5 Å². The molecule has 0 fully saturated rings. The molecule has 1 aromatic carbocycles. The maximum absolute atomic E-state index is 13.3. The lowest BCUT2D eigenvalue weighted by molar-refractivity contribution is -0.137. The predicted octanol–water partition coefficient (Wildman–Crippen LogP) is 6.87. The number of anilines is 1. The SMILES string of the molecule is CCc1nccc(N(C(=O)Cc2ccc(Oc3ccc(C(F)(F)F)cn3)cc2)C(=O)OCC(C)C)c1Cl. The van der Waals surface area contributed by atoms with Gasteiger partial charge in [0.25, 0.3) is 0 Å². The molecule has 0 spiro atoms. The first-order chi connectivity index (χ1) is 17.5.